The summed E-state index contributed by atoms with van der Waals surface area (Å²) in [6.07, 6.45) is 2.69. The van der Waals surface area contributed by atoms with Crippen LogP contribution in [0.2, 0.25) is 0 Å². The molecule has 0 saturated heterocycles. The summed E-state index contributed by atoms with van der Waals surface area (Å²) >= 11 is 0. The summed E-state index contributed by atoms with van der Waals surface area (Å²) in [7, 11) is 0. The highest BCUT2D eigenvalue weighted by atomic mass is 16.4. The van der Waals surface area contributed by atoms with Crippen molar-refractivity contribution in [3.8, 4) is 0 Å². The highest BCUT2D eigenvalue weighted by Crippen LogP contribution is 2.40. The summed E-state index contributed by atoms with van der Waals surface area (Å²) in [5, 5.41) is 24.3. The molecule has 132 valence electrons. The first kappa shape index (κ1) is 16.3. The van der Waals surface area contributed by atoms with Gasteiger partial charge in [0, 0.05) is 26.2 Å². The Morgan fingerprint density at radius 2 is 2.08 bits per heavy atom. The van der Waals surface area contributed by atoms with E-state index in [9.17, 15) is 15.0 Å². The van der Waals surface area contributed by atoms with Crippen LogP contribution >= 0.6 is 0 Å². The lowest BCUT2D eigenvalue weighted by atomic mass is 10.1. The third kappa shape index (κ3) is 3.45. The second-order valence-electron chi connectivity index (χ2n) is 7.09. The zero-order valence-electron chi connectivity index (χ0n) is 14.1. The van der Waals surface area contributed by atoms with Crippen LogP contribution in [0.4, 0.5) is 0 Å². The Labute approximate surface area is 146 Å². The molecular formula is C19H23N3O3. The summed E-state index contributed by atoms with van der Waals surface area (Å²) in [6.45, 7) is 3.06. The number of rotatable bonds is 5. The molecule has 1 fully saturated rings. The van der Waals surface area contributed by atoms with E-state index in [0.717, 1.165) is 55.8 Å². The molecule has 1 aliphatic carbocycles. The highest BCUT2D eigenvalue weighted by molar-refractivity contribution is 5.89. The monoisotopic (exact) mass is 341 g/mol. The van der Waals surface area contributed by atoms with E-state index in [-0.39, 0.29) is 0 Å². The number of carboxylic acids is 1. The van der Waals surface area contributed by atoms with E-state index in [1.807, 2.05) is 22.9 Å². The first-order valence-electron chi connectivity index (χ1n) is 8.90. The van der Waals surface area contributed by atoms with E-state index < -0.39 is 12.1 Å². The quantitative estimate of drug-likeness (QED) is 0.873. The van der Waals surface area contributed by atoms with E-state index in [4.69, 9.17) is 0 Å². The van der Waals surface area contributed by atoms with E-state index in [1.165, 1.54) is 0 Å². The maximum absolute atomic E-state index is 11.4. The number of hydrogen-bond acceptors (Lipinski definition) is 4. The number of nitrogens with zero attached hydrogens (tertiary/aromatic N) is 3. The molecule has 2 aromatic rings. The summed E-state index contributed by atoms with van der Waals surface area (Å²) in [6, 6.07) is 9.20. The molecule has 0 spiro atoms. The van der Waals surface area contributed by atoms with Crippen molar-refractivity contribution in [2.75, 3.05) is 6.54 Å². The van der Waals surface area contributed by atoms with Gasteiger partial charge in [-0.05, 0) is 42.9 Å². The standard InChI is InChI=1S/C19H23N3O3/c23-18(13-6-7-13)17-10-15-12-21(8-3-9-22(15)20-17)11-14-4-1-2-5-16(14)19(24)25/h1-2,4-5,10,13,18,23H,3,6-9,11-12H2,(H,24,25)/t18-/m0/s1. The summed E-state index contributed by atoms with van der Waals surface area (Å²) in [5.74, 6) is -0.511. The number of aromatic nitrogens is 2. The third-order valence-corrected chi connectivity index (χ3v) is 5.13. The Hall–Kier alpha value is -2.18. The number of aliphatic hydroxyl groups excluding tert-OH is 1. The Morgan fingerprint density at radius 3 is 2.84 bits per heavy atom. The molecule has 0 unspecified atom stereocenters. The van der Waals surface area contributed by atoms with Crippen LogP contribution in [0.15, 0.2) is 30.3 Å². The number of hydrogen-bond donors (Lipinski definition) is 2. The van der Waals surface area contributed by atoms with Gasteiger partial charge in [0.1, 0.15) is 6.10 Å². The van der Waals surface area contributed by atoms with Crippen molar-refractivity contribution in [3.63, 3.8) is 0 Å². The molecule has 0 radical (unpaired) electrons. The van der Waals surface area contributed by atoms with E-state index in [2.05, 4.69) is 10.00 Å². The zero-order chi connectivity index (χ0) is 17.4. The predicted octanol–water partition coefficient (Wildman–Crippen LogP) is 2.43. The average molecular weight is 341 g/mol. The Bertz CT molecular complexity index is 782. The molecule has 25 heavy (non-hydrogen) atoms. The fourth-order valence-corrected chi connectivity index (χ4v) is 3.59. The molecule has 6 heteroatoms. The van der Waals surface area contributed by atoms with Crippen molar-refractivity contribution < 1.29 is 15.0 Å². The van der Waals surface area contributed by atoms with Crippen LogP contribution in [0.1, 0.15) is 52.7 Å². The fourth-order valence-electron chi connectivity index (χ4n) is 3.59. The van der Waals surface area contributed by atoms with Crippen molar-refractivity contribution >= 4 is 5.97 Å². The van der Waals surface area contributed by atoms with Crippen LogP contribution < -0.4 is 0 Å². The van der Waals surface area contributed by atoms with Gasteiger partial charge in [-0.25, -0.2) is 4.79 Å². The Morgan fingerprint density at radius 1 is 1.28 bits per heavy atom. The van der Waals surface area contributed by atoms with Gasteiger partial charge >= 0.3 is 5.97 Å². The predicted molar refractivity (Wildman–Crippen MR) is 92.0 cm³/mol. The minimum Gasteiger partial charge on any atom is -0.478 e. The normalized spacial score (nSPS) is 19.2. The molecule has 2 N–H and O–H groups in total. The minimum absolute atomic E-state index is 0.366. The second kappa shape index (κ2) is 6.61. The number of fused-ring (bicyclic) bond motifs is 1. The van der Waals surface area contributed by atoms with Crippen LogP contribution in [-0.2, 0) is 19.6 Å². The van der Waals surface area contributed by atoms with Gasteiger partial charge in [0.05, 0.1) is 17.0 Å². The number of aliphatic hydroxyl groups is 1. The number of carbonyl (C=O) groups is 1. The van der Waals surface area contributed by atoms with Gasteiger partial charge in [-0.1, -0.05) is 18.2 Å². The van der Waals surface area contributed by atoms with Crippen LogP contribution in [0, 0.1) is 5.92 Å². The van der Waals surface area contributed by atoms with Gasteiger partial charge in [0.15, 0.2) is 0 Å². The SMILES string of the molecule is O=C(O)c1ccccc1CN1CCCn2nc([C@@H](O)C3CC3)cc2C1. The number of aryl methyl sites for hydroxylation is 1. The molecule has 6 nitrogen and oxygen atoms in total. The maximum atomic E-state index is 11.4. The molecule has 1 aliphatic heterocycles. The second-order valence-corrected chi connectivity index (χ2v) is 7.09. The van der Waals surface area contributed by atoms with Crippen molar-refractivity contribution in [3.05, 3.63) is 52.8 Å². The number of carboxylic acid groups (broad SMARTS) is 1. The van der Waals surface area contributed by atoms with Gasteiger partial charge in [0.2, 0.25) is 0 Å². The highest BCUT2D eigenvalue weighted by Gasteiger charge is 2.33. The topological polar surface area (TPSA) is 78.6 Å². The molecular weight excluding hydrogens is 318 g/mol. The van der Waals surface area contributed by atoms with Gasteiger partial charge in [0.25, 0.3) is 0 Å². The Balaban J connectivity index is 1.52. The summed E-state index contributed by atoms with van der Waals surface area (Å²) in [5.41, 5.74) is 3.08. The minimum atomic E-state index is -0.884. The molecule has 1 atom stereocenters. The summed E-state index contributed by atoms with van der Waals surface area (Å²) in [4.78, 5) is 13.7. The molecule has 2 heterocycles. The molecule has 4 rings (SSSR count). The molecule has 0 amide bonds. The first-order chi connectivity index (χ1) is 12.1. The molecule has 1 aromatic heterocycles. The fraction of sp³-hybridized carbons (Fsp3) is 0.474. The van der Waals surface area contributed by atoms with Crippen LogP contribution in [-0.4, -0.2) is 37.4 Å². The van der Waals surface area contributed by atoms with Crippen LogP contribution in [0.25, 0.3) is 0 Å². The maximum Gasteiger partial charge on any atom is 0.336 e. The lowest BCUT2D eigenvalue weighted by molar-refractivity contribution is 0.0694. The first-order valence-corrected chi connectivity index (χ1v) is 8.90. The van der Waals surface area contributed by atoms with Gasteiger partial charge in [-0.3, -0.25) is 9.58 Å². The van der Waals surface area contributed by atoms with Crippen molar-refractivity contribution in [2.45, 2.75) is 45.0 Å². The lowest BCUT2D eigenvalue weighted by Crippen LogP contribution is -2.24. The van der Waals surface area contributed by atoms with Gasteiger partial charge in [-0.15, -0.1) is 0 Å². The third-order valence-electron chi connectivity index (χ3n) is 5.13. The van der Waals surface area contributed by atoms with E-state index in [1.54, 1.807) is 12.1 Å². The van der Waals surface area contributed by atoms with E-state index >= 15 is 0 Å². The molecule has 0 bridgehead atoms. The molecule has 1 saturated carbocycles. The average Bonchev–Trinajstić information content (AvgIpc) is 3.39. The van der Waals surface area contributed by atoms with Crippen LogP contribution in [0.3, 0.4) is 0 Å². The molecule has 1 aromatic carbocycles. The number of aromatic carboxylic acids is 1. The van der Waals surface area contributed by atoms with Gasteiger partial charge in [-0.2, -0.15) is 5.10 Å². The molecule has 2 aliphatic rings. The smallest absolute Gasteiger partial charge is 0.336 e. The van der Waals surface area contributed by atoms with Crippen molar-refractivity contribution in [1.82, 2.24) is 14.7 Å². The van der Waals surface area contributed by atoms with Crippen molar-refractivity contribution in [2.24, 2.45) is 5.92 Å². The lowest BCUT2D eigenvalue weighted by Gasteiger charge is -2.20. The Kier molecular flexibility index (Phi) is 4.31. The van der Waals surface area contributed by atoms with Gasteiger partial charge < -0.3 is 10.2 Å². The number of benzene rings is 1. The van der Waals surface area contributed by atoms with Crippen LogP contribution in [0.5, 0.6) is 0 Å². The summed E-state index contributed by atoms with van der Waals surface area (Å²) < 4.78 is 2.00. The largest absolute Gasteiger partial charge is 0.478 e. The zero-order valence-corrected chi connectivity index (χ0v) is 14.1. The van der Waals surface area contributed by atoms with E-state index in [0.29, 0.717) is 18.0 Å². The van der Waals surface area contributed by atoms with Crippen molar-refractivity contribution in [1.29, 1.82) is 0 Å².